The first kappa shape index (κ1) is 20.6. The molecule has 0 saturated heterocycles. The van der Waals surface area contributed by atoms with Crippen LogP contribution in [0, 0.1) is 17.1 Å². The smallest absolute Gasteiger partial charge is 0.266 e. The molecule has 5 nitrogen and oxygen atoms in total. The molecule has 0 heterocycles. The summed E-state index contributed by atoms with van der Waals surface area (Å²) >= 11 is 0. The number of nitrogens with zero attached hydrogens (tertiary/aromatic N) is 1. The van der Waals surface area contributed by atoms with Crippen molar-refractivity contribution in [3.05, 3.63) is 95.3 Å². The van der Waals surface area contributed by atoms with Crippen LogP contribution in [0.5, 0.6) is 11.5 Å². The Balaban J connectivity index is 1.84. The molecule has 0 atom stereocenters. The molecule has 1 N–H and O–H groups in total. The maximum atomic E-state index is 13.1. The van der Waals surface area contributed by atoms with Gasteiger partial charge >= 0.3 is 0 Å². The first-order valence-corrected chi connectivity index (χ1v) is 9.12. The molecular weight excluding hydrogens is 383 g/mol. The molecule has 0 aliphatic rings. The monoisotopic (exact) mass is 402 g/mol. The second-order valence-corrected chi connectivity index (χ2v) is 6.31. The van der Waals surface area contributed by atoms with Crippen molar-refractivity contribution in [3.63, 3.8) is 0 Å². The van der Waals surface area contributed by atoms with Crippen LogP contribution in [0.3, 0.4) is 0 Å². The van der Waals surface area contributed by atoms with E-state index in [0.717, 1.165) is 5.56 Å². The van der Waals surface area contributed by atoms with Crippen LogP contribution in [-0.4, -0.2) is 13.0 Å². The molecule has 3 aromatic carbocycles. The molecule has 0 aromatic heterocycles. The lowest BCUT2D eigenvalue weighted by atomic mass is 10.1. The van der Waals surface area contributed by atoms with E-state index >= 15 is 0 Å². The minimum absolute atomic E-state index is 0.0735. The van der Waals surface area contributed by atoms with E-state index < -0.39 is 5.91 Å². The van der Waals surface area contributed by atoms with Gasteiger partial charge in [-0.15, -0.1) is 0 Å². The molecule has 0 bridgehead atoms. The largest absolute Gasteiger partial charge is 0.497 e. The molecule has 6 heteroatoms. The molecule has 3 rings (SSSR count). The lowest BCUT2D eigenvalue weighted by Gasteiger charge is -2.12. The van der Waals surface area contributed by atoms with Gasteiger partial charge in [-0.25, -0.2) is 4.39 Å². The fourth-order valence-electron chi connectivity index (χ4n) is 2.65. The minimum atomic E-state index is -0.524. The quantitative estimate of drug-likeness (QED) is 0.448. The highest BCUT2D eigenvalue weighted by Gasteiger charge is 2.12. The van der Waals surface area contributed by atoms with Crippen LogP contribution in [0.1, 0.15) is 11.1 Å². The third-order valence-corrected chi connectivity index (χ3v) is 4.22. The van der Waals surface area contributed by atoms with Gasteiger partial charge < -0.3 is 14.8 Å². The Labute approximate surface area is 174 Å². The Morgan fingerprint density at radius 3 is 2.50 bits per heavy atom. The van der Waals surface area contributed by atoms with Gasteiger partial charge in [0.1, 0.15) is 35.6 Å². The van der Waals surface area contributed by atoms with Gasteiger partial charge in [0.25, 0.3) is 5.91 Å². The van der Waals surface area contributed by atoms with E-state index in [1.165, 1.54) is 25.3 Å². The summed E-state index contributed by atoms with van der Waals surface area (Å²) in [5, 5.41) is 12.2. The number of rotatable bonds is 7. The summed E-state index contributed by atoms with van der Waals surface area (Å²) in [7, 11) is 1.53. The van der Waals surface area contributed by atoms with Gasteiger partial charge in [0.15, 0.2) is 0 Å². The van der Waals surface area contributed by atoms with Crippen LogP contribution in [0.25, 0.3) is 6.08 Å². The molecule has 0 saturated carbocycles. The number of nitrogens with one attached hydrogen (secondary N) is 1. The number of amides is 1. The molecule has 150 valence electrons. The topological polar surface area (TPSA) is 71.3 Å². The molecule has 0 aliphatic carbocycles. The van der Waals surface area contributed by atoms with E-state index in [0.29, 0.717) is 22.7 Å². The summed E-state index contributed by atoms with van der Waals surface area (Å²) in [5.41, 5.74) is 1.83. The van der Waals surface area contributed by atoms with Crippen molar-refractivity contribution in [3.8, 4) is 17.6 Å². The zero-order valence-electron chi connectivity index (χ0n) is 16.3. The molecule has 0 radical (unpaired) electrons. The fraction of sp³-hybridized carbons (Fsp3) is 0.0833. The molecule has 1 amide bonds. The Morgan fingerprint density at radius 1 is 1.10 bits per heavy atom. The first-order valence-electron chi connectivity index (χ1n) is 9.12. The third-order valence-electron chi connectivity index (χ3n) is 4.22. The van der Waals surface area contributed by atoms with Gasteiger partial charge in [0.05, 0.1) is 7.11 Å². The number of hydrogen-bond donors (Lipinski definition) is 1. The summed E-state index contributed by atoms with van der Waals surface area (Å²) in [4.78, 5) is 12.5. The number of carbonyl (C=O) groups excluding carboxylic acids is 1. The lowest BCUT2D eigenvalue weighted by Crippen LogP contribution is -2.13. The molecule has 0 aliphatic heterocycles. The van der Waals surface area contributed by atoms with E-state index in [2.05, 4.69) is 5.32 Å². The number of carbonyl (C=O) groups is 1. The van der Waals surface area contributed by atoms with Crippen LogP contribution in [-0.2, 0) is 11.4 Å². The molecule has 0 unspecified atom stereocenters. The average Bonchev–Trinajstić information content (AvgIpc) is 2.78. The normalized spacial score (nSPS) is 10.8. The van der Waals surface area contributed by atoms with Crippen molar-refractivity contribution in [1.82, 2.24) is 0 Å². The maximum Gasteiger partial charge on any atom is 0.266 e. The highest BCUT2D eigenvalue weighted by molar-refractivity contribution is 6.09. The van der Waals surface area contributed by atoms with E-state index in [1.807, 2.05) is 12.1 Å². The Morgan fingerprint density at radius 2 is 1.83 bits per heavy atom. The summed E-state index contributed by atoms with van der Waals surface area (Å²) < 4.78 is 24.2. The van der Waals surface area contributed by atoms with Gasteiger partial charge in [-0.05, 0) is 48.0 Å². The van der Waals surface area contributed by atoms with E-state index in [-0.39, 0.29) is 18.0 Å². The highest BCUT2D eigenvalue weighted by atomic mass is 19.1. The predicted octanol–water partition coefficient (Wildman–Crippen LogP) is 4.96. The zero-order valence-corrected chi connectivity index (χ0v) is 16.3. The van der Waals surface area contributed by atoms with Crippen molar-refractivity contribution in [2.24, 2.45) is 0 Å². The number of benzene rings is 3. The van der Waals surface area contributed by atoms with Crippen LogP contribution in [0.15, 0.2) is 78.4 Å². The van der Waals surface area contributed by atoms with Crippen LogP contribution in [0.4, 0.5) is 10.1 Å². The number of para-hydroxylation sites is 1. The molecule has 3 aromatic rings. The van der Waals surface area contributed by atoms with Crippen LogP contribution < -0.4 is 14.8 Å². The van der Waals surface area contributed by atoms with Gasteiger partial charge in [-0.3, -0.25) is 4.79 Å². The van der Waals surface area contributed by atoms with Crippen molar-refractivity contribution in [2.45, 2.75) is 6.61 Å². The van der Waals surface area contributed by atoms with Gasteiger partial charge in [-0.2, -0.15) is 5.26 Å². The Kier molecular flexibility index (Phi) is 6.80. The van der Waals surface area contributed by atoms with Crippen LogP contribution in [0.2, 0.25) is 0 Å². The second kappa shape index (κ2) is 9.89. The number of anilines is 1. The number of hydrogen-bond acceptors (Lipinski definition) is 4. The van der Waals surface area contributed by atoms with E-state index in [9.17, 15) is 14.4 Å². The number of nitriles is 1. The standard InChI is InChI=1S/C24H19FN2O3/c1-29-22-12-9-18(23(14-22)30-16-17-7-10-20(25)11-8-17)13-19(15-26)24(28)27-21-5-3-2-4-6-21/h2-14H,16H2,1H3,(H,27,28)/b19-13+. The van der Waals surface area contributed by atoms with Crippen molar-refractivity contribution >= 4 is 17.7 Å². The summed E-state index contributed by atoms with van der Waals surface area (Å²) in [6.07, 6.45) is 1.46. The first-order chi connectivity index (χ1) is 14.6. The molecule has 0 spiro atoms. The predicted molar refractivity (Wildman–Crippen MR) is 112 cm³/mol. The van der Waals surface area contributed by atoms with Crippen LogP contribution >= 0.6 is 0 Å². The number of methoxy groups -OCH3 is 1. The Hall–Kier alpha value is -4.11. The third kappa shape index (κ3) is 5.46. The zero-order chi connectivity index (χ0) is 21.3. The lowest BCUT2D eigenvalue weighted by molar-refractivity contribution is -0.112. The second-order valence-electron chi connectivity index (χ2n) is 6.31. The molecule has 0 fully saturated rings. The van der Waals surface area contributed by atoms with Gasteiger partial charge in [0.2, 0.25) is 0 Å². The van der Waals surface area contributed by atoms with E-state index in [4.69, 9.17) is 9.47 Å². The fourth-order valence-corrected chi connectivity index (χ4v) is 2.65. The summed E-state index contributed by atoms with van der Waals surface area (Å²) in [5.74, 6) is 0.142. The maximum absolute atomic E-state index is 13.1. The molecule has 30 heavy (non-hydrogen) atoms. The summed E-state index contributed by atoms with van der Waals surface area (Å²) in [6, 6.07) is 21.8. The minimum Gasteiger partial charge on any atom is -0.497 e. The van der Waals surface area contributed by atoms with Gasteiger partial charge in [0, 0.05) is 17.3 Å². The Bertz CT molecular complexity index is 1090. The number of halogens is 1. The highest BCUT2D eigenvalue weighted by Crippen LogP contribution is 2.28. The van der Waals surface area contributed by atoms with Gasteiger partial charge in [-0.1, -0.05) is 30.3 Å². The number of ether oxygens (including phenoxy) is 2. The summed E-state index contributed by atoms with van der Waals surface area (Å²) in [6.45, 7) is 0.187. The van der Waals surface area contributed by atoms with Crippen molar-refractivity contribution in [1.29, 1.82) is 5.26 Å². The van der Waals surface area contributed by atoms with Crippen molar-refractivity contribution in [2.75, 3.05) is 12.4 Å². The van der Waals surface area contributed by atoms with Crippen molar-refractivity contribution < 1.29 is 18.7 Å². The van der Waals surface area contributed by atoms with E-state index in [1.54, 1.807) is 54.6 Å². The SMILES string of the molecule is COc1ccc(/C=C(\C#N)C(=O)Nc2ccccc2)c(OCc2ccc(F)cc2)c1. The molecular formula is C24H19FN2O3. The average molecular weight is 402 g/mol.